The molecule has 3 aromatic carbocycles. The van der Waals surface area contributed by atoms with Crippen LogP contribution in [0.2, 0.25) is 5.02 Å². The minimum atomic E-state index is -0.724. The van der Waals surface area contributed by atoms with E-state index in [1.54, 1.807) is 30.3 Å². The molecule has 0 radical (unpaired) electrons. The second-order valence-electron chi connectivity index (χ2n) is 10.6. The maximum atomic E-state index is 13.6. The molecule has 0 unspecified atom stereocenters. The van der Waals surface area contributed by atoms with Crippen molar-refractivity contribution in [3.8, 4) is 0 Å². The molecule has 6 rings (SSSR count). The van der Waals surface area contributed by atoms with Crippen molar-refractivity contribution in [2.75, 3.05) is 16.8 Å². The molecule has 3 fully saturated rings. The van der Waals surface area contributed by atoms with E-state index in [2.05, 4.69) is 17.4 Å². The van der Waals surface area contributed by atoms with E-state index >= 15 is 0 Å². The summed E-state index contributed by atoms with van der Waals surface area (Å²) in [5.74, 6) is -1.67. The van der Waals surface area contributed by atoms with Crippen LogP contribution in [0.15, 0.2) is 72.8 Å². The molecule has 0 aromatic heterocycles. The summed E-state index contributed by atoms with van der Waals surface area (Å²) in [6.07, 6.45) is 1.80. The van der Waals surface area contributed by atoms with Crippen LogP contribution in [-0.4, -0.2) is 30.3 Å². The first-order valence-corrected chi connectivity index (χ1v) is 13.5. The van der Waals surface area contributed by atoms with Crippen LogP contribution < -0.4 is 10.2 Å². The average Bonchev–Trinajstić information content (AvgIpc) is 3.61. The number of imide groups is 1. The van der Waals surface area contributed by atoms with E-state index in [9.17, 15) is 19.2 Å². The zero-order chi connectivity index (χ0) is 27.3. The Morgan fingerprint density at radius 2 is 1.72 bits per heavy atom. The molecule has 2 saturated carbocycles. The zero-order valence-corrected chi connectivity index (χ0v) is 22.1. The standard InChI is InChI=1S/C31H27ClN2O5/c1-17-10-11-21(32)15-25(17)33-26(35)16-39-31(38)19-8-5-9-22(12-19)34-29(36)27-20-13-23(18-6-3-2-4-7-18)24(14-20)28(27)30(34)37/h2-12,15,20,23-24,27-28H,13-14,16H2,1H3,(H,33,35)/t20-,23-,24+,27+,28-/m0/s1. The largest absolute Gasteiger partial charge is 0.452 e. The fourth-order valence-corrected chi connectivity index (χ4v) is 6.87. The first-order chi connectivity index (χ1) is 18.8. The first kappa shape index (κ1) is 25.3. The molecule has 1 aliphatic heterocycles. The van der Waals surface area contributed by atoms with Gasteiger partial charge >= 0.3 is 5.97 Å². The Hall–Kier alpha value is -3.97. The number of carbonyl (C=O) groups is 4. The normalized spacial score (nSPS) is 25.1. The third kappa shape index (κ3) is 4.51. The number of rotatable bonds is 6. The third-order valence-corrected chi connectivity index (χ3v) is 8.63. The summed E-state index contributed by atoms with van der Waals surface area (Å²) >= 11 is 5.99. The molecule has 3 aliphatic rings. The van der Waals surface area contributed by atoms with Gasteiger partial charge in [0.1, 0.15) is 0 Å². The number of hydrogen-bond acceptors (Lipinski definition) is 5. The number of halogens is 1. The highest BCUT2D eigenvalue weighted by atomic mass is 35.5. The summed E-state index contributed by atoms with van der Waals surface area (Å²) in [6.45, 7) is 1.33. The van der Waals surface area contributed by atoms with Gasteiger partial charge in [-0.05, 0) is 79.0 Å². The van der Waals surface area contributed by atoms with Crippen molar-refractivity contribution in [2.24, 2.45) is 23.7 Å². The van der Waals surface area contributed by atoms with Gasteiger partial charge in [0.2, 0.25) is 11.8 Å². The van der Waals surface area contributed by atoms with Crippen molar-refractivity contribution in [3.63, 3.8) is 0 Å². The molecule has 39 heavy (non-hydrogen) atoms. The molecule has 1 heterocycles. The molecule has 2 aliphatic carbocycles. The van der Waals surface area contributed by atoms with Crippen LogP contribution in [0.5, 0.6) is 0 Å². The third-order valence-electron chi connectivity index (χ3n) is 8.39. The van der Waals surface area contributed by atoms with Gasteiger partial charge in [0.25, 0.3) is 5.91 Å². The number of amides is 3. The predicted molar refractivity (Wildman–Crippen MR) is 146 cm³/mol. The lowest BCUT2D eigenvalue weighted by molar-refractivity contribution is -0.123. The van der Waals surface area contributed by atoms with Gasteiger partial charge in [0, 0.05) is 10.7 Å². The smallest absolute Gasteiger partial charge is 0.338 e. The average molecular weight is 543 g/mol. The van der Waals surface area contributed by atoms with E-state index < -0.39 is 18.5 Å². The highest BCUT2D eigenvalue weighted by molar-refractivity contribution is 6.31. The van der Waals surface area contributed by atoms with Crippen molar-refractivity contribution in [2.45, 2.75) is 25.7 Å². The number of esters is 1. The van der Waals surface area contributed by atoms with Crippen molar-refractivity contribution in [1.82, 2.24) is 0 Å². The topological polar surface area (TPSA) is 92.8 Å². The summed E-state index contributed by atoms with van der Waals surface area (Å²) in [5.41, 5.74) is 3.08. The minimum Gasteiger partial charge on any atom is -0.452 e. The Balaban J connectivity index is 1.14. The Bertz CT molecular complexity index is 1490. The number of hydrogen-bond donors (Lipinski definition) is 1. The molecular weight excluding hydrogens is 516 g/mol. The van der Waals surface area contributed by atoms with Crippen molar-refractivity contribution < 1.29 is 23.9 Å². The summed E-state index contributed by atoms with van der Waals surface area (Å²) in [6, 6.07) is 21.6. The molecule has 1 N–H and O–H groups in total. The molecule has 5 atom stereocenters. The van der Waals surface area contributed by atoms with E-state index in [0.717, 1.165) is 18.4 Å². The van der Waals surface area contributed by atoms with Crippen LogP contribution in [0, 0.1) is 30.6 Å². The maximum absolute atomic E-state index is 13.6. The fraction of sp³-hybridized carbons (Fsp3) is 0.290. The van der Waals surface area contributed by atoms with E-state index in [-0.39, 0.29) is 47.0 Å². The van der Waals surface area contributed by atoms with Crippen LogP contribution in [0.4, 0.5) is 11.4 Å². The van der Waals surface area contributed by atoms with Crippen molar-refractivity contribution in [3.05, 3.63) is 94.5 Å². The SMILES string of the molecule is Cc1ccc(Cl)cc1NC(=O)COC(=O)c1cccc(N2C(=O)[C@@H]3[C@@H]4C[C@@H]([C@@H]3C2=O)[C@H](c2ccccc2)C4)c1. The number of anilines is 2. The van der Waals surface area contributed by atoms with Crippen LogP contribution in [-0.2, 0) is 19.1 Å². The second-order valence-corrected chi connectivity index (χ2v) is 11.0. The van der Waals surface area contributed by atoms with Crippen molar-refractivity contribution >= 4 is 46.7 Å². The summed E-state index contributed by atoms with van der Waals surface area (Å²) < 4.78 is 5.21. The molecule has 198 valence electrons. The fourth-order valence-electron chi connectivity index (χ4n) is 6.70. The van der Waals surface area contributed by atoms with Crippen LogP contribution in [0.25, 0.3) is 0 Å². The molecule has 7 nitrogen and oxygen atoms in total. The predicted octanol–water partition coefficient (Wildman–Crippen LogP) is 5.37. The van der Waals surface area contributed by atoms with Gasteiger partial charge in [-0.3, -0.25) is 19.3 Å². The van der Waals surface area contributed by atoms with Gasteiger partial charge < -0.3 is 10.1 Å². The first-order valence-electron chi connectivity index (χ1n) is 13.1. The van der Waals surface area contributed by atoms with Gasteiger partial charge in [-0.1, -0.05) is 54.1 Å². The van der Waals surface area contributed by atoms with Gasteiger partial charge in [-0.2, -0.15) is 0 Å². The highest BCUT2D eigenvalue weighted by Crippen LogP contribution is 2.61. The number of ether oxygens (including phenoxy) is 1. The summed E-state index contributed by atoms with van der Waals surface area (Å²) in [4.78, 5) is 53.4. The Kier molecular flexibility index (Phi) is 6.47. The van der Waals surface area contributed by atoms with E-state index in [1.165, 1.54) is 22.6 Å². The molecule has 3 amide bonds. The number of carbonyl (C=O) groups excluding carboxylic acids is 4. The molecule has 2 bridgehead atoms. The van der Waals surface area contributed by atoms with Gasteiger partial charge in [-0.25, -0.2) is 4.79 Å². The maximum Gasteiger partial charge on any atom is 0.338 e. The molecule has 3 aromatic rings. The number of benzene rings is 3. The van der Waals surface area contributed by atoms with Gasteiger partial charge in [0.05, 0.1) is 23.1 Å². The summed E-state index contributed by atoms with van der Waals surface area (Å²) in [7, 11) is 0. The van der Waals surface area contributed by atoms with E-state index in [4.69, 9.17) is 16.3 Å². The lowest BCUT2D eigenvalue weighted by atomic mass is 9.73. The molecule has 1 saturated heterocycles. The van der Waals surface area contributed by atoms with E-state index in [0.29, 0.717) is 16.4 Å². The number of nitrogens with one attached hydrogen (secondary N) is 1. The quantitative estimate of drug-likeness (QED) is 0.334. The zero-order valence-electron chi connectivity index (χ0n) is 21.3. The molecule has 8 heteroatoms. The van der Waals surface area contributed by atoms with Crippen LogP contribution in [0.1, 0.15) is 40.2 Å². The van der Waals surface area contributed by atoms with Crippen molar-refractivity contribution in [1.29, 1.82) is 0 Å². The Morgan fingerprint density at radius 3 is 2.51 bits per heavy atom. The Morgan fingerprint density at radius 1 is 0.949 bits per heavy atom. The monoisotopic (exact) mass is 542 g/mol. The second kappa shape index (κ2) is 9.97. The van der Waals surface area contributed by atoms with Gasteiger partial charge in [-0.15, -0.1) is 0 Å². The van der Waals surface area contributed by atoms with Crippen LogP contribution >= 0.6 is 11.6 Å². The highest BCUT2D eigenvalue weighted by Gasteiger charge is 2.64. The van der Waals surface area contributed by atoms with Gasteiger partial charge in [0.15, 0.2) is 6.61 Å². The Labute approximate surface area is 231 Å². The van der Waals surface area contributed by atoms with E-state index in [1.807, 2.05) is 25.1 Å². The number of nitrogens with zero attached hydrogens (tertiary/aromatic N) is 1. The lowest BCUT2D eigenvalue weighted by Gasteiger charge is -2.28. The minimum absolute atomic E-state index is 0.138. The molecular formula is C31H27ClN2O5. The number of aryl methyl sites for hydroxylation is 1. The van der Waals surface area contributed by atoms with Crippen LogP contribution in [0.3, 0.4) is 0 Å². The lowest BCUT2D eigenvalue weighted by Crippen LogP contribution is -2.33. The summed E-state index contributed by atoms with van der Waals surface area (Å²) in [5, 5.41) is 3.15. The molecule has 0 spiro atoms. The number of fused-ring (bicyclic) bond motifs is 5.